The number of fused-ring (bicyclic) bond motifs is 1. The molecule has 0 unspecified atom stereocenters. The average molecular weight is 441 g/mol. The highest BCUT2D eigenvalue weighted by Crippen LogP contribution is 2.27. The molecule has 3 nitrogen and oxygen atoms in total. The molecule has 0 saturated heterocycles. The maximum atomic E-state index is 6.07. The van der Waals surface area contributed by atoms with Gasteiger partial charge in [0.1, 0.15) is 12.4 Å². The van der Waals surface area contributed by atoms with Gasteiger partial charge >= 0.3 is 0 Å². The molecule has 1 heterocycles. The maximum Gasteiger partial charge on any atom is 0.129 e. The molecule has 0 fully saturated rings. The lowest BCUT2D eigenvalue weighted by molar-refractivity contribution is 0.296. The molecule has 4 rings (SSSR count). The molecule has 1 N–H and O–H groups in total. The Morgan fingerprint density at radius 3 is 2.37 bits per heavy atom. The van der Waals surface area contributed by atoms with Gasteiger partial charge in [-0.3, -0.25) is 0 Å². The van der Waals surface area contributed by atoms with E-state index in [1.54, 1.807) is 0 Å². The Hall–Kier alpha value is -2.46. The van der Waals surface area contributed by atoms with Crippen molar-refractivity contribution in [3.63, 3.8) is 0 Å². The van der Waals surface area contributed by atoms with Crippen LogP contribution in [0, 0.1) is 0 Å². The molecule has 4 aromatic rings. The Balaban J connectivity index is 0.00000256. The van der Waals surface area contributed by atoms with Gasteiger partial charge in [0.05, 0.1) is 5.69 Å². The molecule has 1 aromatic heterocycles. The molecule has 0 amide bonds. The first-order valence-corrected chi connectivity index (χ1v) is 10.3. The molecule has 0 aliphatic carbocycles. The second-order valence-electron chi connectivity index (χ2n) is 7.16. The zero-order valence-corrected chi connectivity index (χ0v) is 18.5. The number of nitrogens with one attached hydrogen (secondary N) is 1. The monoisotopic (exact) mass is 440 g/mol. The van der Waals surface area contributed by atoms with E-state index in [0.717, 1.165) is 25.3 Å². The van der Waals surface area contributed by atoms with Crippen LogP contribution in [-0.4, -0.2) is 11.1 Å². The molecule has 0 saturated carbocycles. The minimum atomic E-state index is 0. The van der Waals surface area contributed by atoms with Crippen molar-refractivity contribution in [1.82, 2.24) is 9.88 Å². The first-order chi connectivity index (χ1) is 14.2. The first-order valence-electron chi connectivity index (χ1n) is 9.90. The third-order valence-electron chi connectivity index (χ3n) is 5.27. The second-order valence-corrected chi connectivity index (χ2v) is 7.59. The fraction of sp³-hybridized carbons (Fsp3) is 0.200. The van der Waals surface area contributed by atoms with E-state index in [1.807, 2.05) is 24.3 Å². The summed E-state index contributed by atoms with van der Waals surface area (Å²) in [5.41, 5.74) is 5.06. The Kier molecular flexibility index (Phi) is 7.81. The number of hydrogen-bond acceptors (Lipinski definition) is 2. The molecule has 0 radical (unpaired) electrons. The summed E-state index contributed by atoms with van der Waals surface area (Å²) in [6.07, 6.45) is 1.02. The van der Waals surface area contributed by atoms with Crippen molar-refractivity contribution in [3.05, 3.63) is 101 Å². The highest BCUT2D eigenvalue weighted by atomic mass is 35.5. The minimum Gasteiger partial charge on any atom is -0.487 e. The van der Waals surface area contributed by atoms with Crippen LogP contribution in [0.3, 0.4) is 0 Å². The average Bonchev–Trinajstić information content (AvgIpc) is 3.03. The van der Waals surface area contributed by atoms with Crippen molar-refractivity contribution in [2.24, 2.45) is 7.05 Å². The standard InChI is InChI=1S/C25H25ClN2O.ClH/c1-28-24-10-6-5-9-22(24)23(17-27-16-15-19-7-3-2-4-8-19)25(28)18-29-21-13-11-20(26)12-14-21;/h2-14,27H,15-18H2,1H3;1H. The lowest BCUT2D eigenvalue weighted by atomic mass is 10.1. The Morgan fingerprint density at radius 2 is 1.60 bits per heavy atom. The summed E-state index contributed by atoms with van der Waals surface area (Å²) in [4.78, 5) is 0. The Bertz CT molecular complexity index is 1080. The fourth-order valence-corrected chi connectivity index (χ4v) is 3.81. The number of rotatable bonds is 8. The largest absolute Gasteiger partial charge is 0.487 e. The van der Waals surface area contributed by atoms with E-state index < -0.39 is 0 Å². The van der Waals surface area contributed by atoms with Crippen molar-refractivity contribution in [2.75, 3.05) is 6.54 Å². The van der Waals surface area contributed by atoms with Gasteiger partial charge in [-0.1, -0.05) is 60.1 Å². The third-order valence-corrected chi connectivity index (χ3v) is 5.52. The van der Waals surface area contributed by atoms with Crippen molar-refractivity contribution >= 4 is 34.9 Å². The molecular weight excluding hydrogens is 415 g/mol. The number of ether oxygens (including phenoxy) is 1. The summed E-state index contributed by atoms with van der Waals surface area (Å²) < 4.78 is 8.30. The van der Waals surface area contributed by atoms with E-state index in [1.165, 1.54) is 27.7 Å². The van der Waals surface area contributed by atoms with E-state index >= 15 is 0 Å². The van der Waals surface area contributed by atoms with Gasteiger partial charge in [-0.2, -0.15) is 0 Å². The van der Waals surface area contributed by atoms with E-state index in [2.05, 4.69) is 71.5 Å². The lowest BCUT2D eigenvalue weighted by Crippen LogP contribution is -2.18. The number of halogens is 2. The number of benzene rings is 3. The highest BCUT2D eigenvalue weighted by Gasteiger charge is 2.15. The van der Waals surface area contributed by atoms with Gasteiger partial charge in [0.2, 0.25) is 0 Å². The lowest BCUT2D eigenvalue weighted by Gasteiger charge is -2.11. The number of hydrogen-bond donors (Lipinski definition) is 1. The summed E-state index contributed by atoms with van der Waals surface area (Å²) in [5, 5.41) is 5.60. The van der Waals surface area contributed by atoms with Crippen LogP contribution in [0.25, 0.3) is 10.9 Å². The highest BCUT2D eigenvalue weighted by molar-refractivity contribution is 6.30. The SMILES string of the molecule is Cl.Cn1c(COc2ccc(Cl)cc2)c(CNCCc2ccccc2)c2ccccc21. The van der Waals surface area contributed by atoms with Crippen LogP contribution in [0.1, 0.15) is 16.8 Å². The molecule has 156 valence electrons. The quantitative estimate of drug-likeness (QED) is 0.331. The Morgan fingerprint density at radius 1 is 0.900 bits per heavy atom. The number of aryl methyl sites for hydroxylation is 1. The summed E-state index contributed by atoms with van der Waals surface area (Å²) in [7, 11) is 2.11. The second kappa shape index (κ2) is 10.5. The van der Waals surface area contributed by atoms with Crippen molar-refractivity contribution in [3.8, 4) is 5.75 Å². The molecule has 0 aliphatic heterocycles. The summed E-state index contributed by atoms with van der Waals surface area (Å²) >= 11 is 5.98. The van der Waals surface area contributed by atoms with Crippen molar-refractivity contribution < 1.29 is 4.74 Å². The number of para-hydroxylation sites is 1. The van der Waals surface area contributed by atoms with Gasteiger partial charge in [-0.25, -0.2) is 0 Å². The zero-order chi connectivity index (χ0) is 20.1. The van der Waals surface area contributed by atoms with Gasteiger partial charge in [0, 0.05) is 29.5 Å². The smallest absolute Gasteiger partial charge is 0.129 e. The molecule has 30 heavy (non-hydrogen) atoms. The van der Waals surface area contributed by atoms with Crippen LogP contribution in [0.5, 0.6) is 5.75 Å². The number of nitrogens with zero attached hydrogens (tertiary/aromatic N) is 1. The van der Waals surface area contributed by atoms with Crippen molar-refractivity contribution in [1.29, 1.82) is 0 Å². The topological polar surface area (TPSA) is 26.2 Å². The summed E-state index contributed by atoms with van der Waals surface area (Å²) in [6.45, 7) is 2.26. The van der Waals surface area contributed by atoms with Crippen LogP contribution >= 0.6 is 24.0 Å². The molecular formula is C25H26Cl2N2O. The molecule has 0 spiro atoms. The van der Waals surface area contributed by atoms with E-state index in [-0.39, 0.29) is 12.4 Å². The third kappa shape index (κ3) is 5.17. The maximum absolute atomic E-state index is 6.07. The summed E-state index contributed by atoms with van der Waals surface area (Å²) in [6, 6.07) is 26.6. The molecule has 0 aliphatic rings. The van der Waals surface area contributed by atoms with Crippen LogP contribution in [0.15, 0.2) is 78.9 Å². The first kappa shape index (κ1) is 22.2. The van der Waals surface area contributed by atoms with Gasteiger partial charge in [-0.15, -0.1) is 12.4 Å². The van der Waals surface area contributed by atoms with Crippen LogP contribution in [-0.2, 0) is 26.6 Å². The van der Waals surface area contributed by atoms with E-state index in [4.69, 9.17) is 16.3 Å². The van der Waals surface area contributed by atoms with E-state index in [9.17, 15) is 0 Å². The predicted molar refractivity (Wildman–Crippen MR) is 128 cm³/mol. The van der Waals surface area contributed by atoms with Crippen molar-refractivity contribution in [2.45, 2.75) is 19.6 Å². The normalized spacial score (nSPS) is 10.7. The minimum absolute atomic E-state index is 0. The molecule has 0 atom stereocenters. The molecule has 5 heteroatoms. The Labute approximate surface area is 189 Å². The van der Waals surface area contributed by atoms with Gasteiger partial charge in [0.15, 0.2) is 0 Å². The predicted octanol–water partition coefficient (Wildman–Crippen LogP) is 6.16. The van der Waals surface area contributed by atoms with Gasteiger partial charge < -0.3 is 14.6 Å². The molecule has 0 bridgehead atoms. The molecule has 3 aromatic carbocycles. The van der Waals surface area contributed by atoms with E-state index in [0.29, 0.717) is 11.6 Å². The van der Waals surface area contributed by atoms with Gasteiger partial charge in [0.25, 0.3) is 0 Å². The zero-order valence-electron chi connectivity index (χ0n) is 17.0. The van der Waals surface area contributed by atoms with Crippen LogP contribution in [0.4, 0.5) is 0 Å². The fourth-order valence-electron chi connectivity index (χ4n) is 3.68. The summed E-state index contributed by atoms with van der Waals surface area (Å²) in [5.74, 6) is 0.822. The van der Waals surface area contributed by atoms with Crippen LogP contribution in [0.2, 0.25) is 5.02 Å². The van der Waals surface area contributed by atoms with Crippen LogP contribution < -0.4 is 10.1 Å². The number of aromatic nitrogens is 1. The van der Waals surface area contributed by atoms with Gasteiger partial charge in [-0.05, 0) is 54.4 Å².